The Kier molecular flexibility index (Phi) is 5.97. The zero-order valence-corrected chi connectivity index (χ0v) is 17.0. The number of amides is 1. The molecule has 1 aliphatic rings. The zero-order valence-electron chi connectivity index (χ0n) is 17.0. The first-order valence-corrected chi connectivity index (χ1v) is 10.3. The second-order valence-corrected chi connectivity index (χ2v) is 7.34. The molecule has 0 aliphatic carbocycles. The Balaban J connectivity index is 1.36. The number of hydrogen-bond acceptors (Lipinski definition) is 6. The molecule has 1 amide bonds. The average Bonchev–Trinajstić information content (AvgIpc) is 2.78. The Labute approximate surface area is 174 Å². The summed E-state index contributed by atoms with van der Waals surface area (Å²) in [5.74, 6) is 1.39. The first kappa shape index (κ1) is 19.9. The van der Waals surface area contributed by atoms with Crippen molar-refractivity contribution in [3.05, 3.63) is 64.6 Å². The summed E-state index contributed by atoms with van der Waals surface area (Å²) in [4.78, 5) is 32.7. The Hall–Kier alpha value is -3.35. The summed E-state index contributed by atoms with van der Waals surface area (Å²) in [6.45, 7) is 4.76. The van der Waals surface area contributed by atoms with Gasteiger partial charge in [-0.05, 0) is 36.2 Å². The molecule has 1 saturated heterocycles. The maximum absolute atomic E-state index is 12.6. The molecule has 7 heteroatoms. The minimum atomic E-state index is -0.370. The van der Waals surface area contributed by atoms with Crippen molar-refractivity contribution in [2.75, 3.05) is 37.7 Å². The molecule has 4 rings (SSSR count). The molecule has 3 heterocycles. The van der Waals surface area contributed by atoms with Gasteiger partial charge in [0.25, 0.3) is 5.91 Å². The summed E-state index contributed by atoms with van der Waals surface area (Å²) in [5, 5.41) is 0.903. The lowest BCUT2D eigenvalue weighted by Crippen LogP contribution is -2.50. The van der Waals surface area contributed by atoms with E-state index in [2.05, 4.69) is 16.8 Å². The maximum Gasteiger partial charge on any atom is 0.336 e. The normalized spacial score (nSPS) is 14.2. The Morgan fingerprint density at radius 2 is 1.97 bits per heavy atom. The van der Waals surface area contributed by atoms with Crippen LogP contribution in [0.1, 0.15) is 18.9 Å². The number of fused-ring (bicyclic) bond motifs is 1. The number of benzene rings is 1. The second kappa shape index (κ2) is 8.98. The fourth-order valence-electron chi connectivity index (χ4n) is 3.74. The number of aromatic nitrogens is 1. The molecule has 2 aromatic heterocycles. The molecule has 7 nitrogen and oxygen atoms in total. The topological polar surface area (TPSA) is 75.9 Å². The minimum absolute atomic E-state index is 0.0476. The number of ether oxygens (including phenoxy) is 1. The van der Waals surface area contributed by atoms with Crippen molar-refractivity contribution in [2.24, 2.45) is 0 Å². The molecule has 3 aromatic rings. The highest BCUT2D eigenvalue weighted by Crippen LogP contribution is 2.23. The molecule has 1 fully saturated rings. The lowest BCUT2D eigenvalue weighted by Gasteiger charge is -2.35. The number of pyridine rings is 1. The summed E-state index contributed by atoms with van der Waals surface area (Å²) in [6.07, 6.45) is 3.53. The first-order valence-electron chi connectivity index (χ1n) is 10.3. The molecule has 0 saturated carbocycles. The molecule has 30 heavy (non-hydrogen) atoms. The number of rotatable bonds is 6. The van der Waals surface area contributed by atoms with Gasteiger partial charge in [0.1, 0.15) is 17.2 Å². The van der Waals surface area contributed by atoms with Crippen LogP contribution in [0.25, 0.3) is 11.0 Å². The number of piperazine rings is 1. The van der Waals surface area contributed by atoms with Gasteiger partial charge in [0.05, 0.1) is 0 Å². The van der Waals surface area contributed by atoms with Crippen molar-refractivity contribution in [1.29, 1.82) is 0 Å². The number of carbonyl (C=O) groups is 1. The van der Waals surface area contributed by atoms with Gasteiger partial charge < -0.3 is 19.0 Å². The summed E-state index contributed by atoms with van der Waals surface area (Å²) in [5.41, 5.74) is 1.09. The highest BCUT2D eigenvalue weighted by molar-refractivity contribution is 5.82. The van der Waals surface area contributed by atoms with Crippen molar-refractivity contribution in [2.45, 2.75) is 19.8 Å². The van der Waals surface area contributed by atoms with Gasteiger partial charge in [0.15, 0.2) is 6.61 Å². The van der Waals surface area contributed by atoms with Crippen molar-refractivity contribution in [3.8, 4) is 5.75 Å². The third-order valence-corrected chi connectivity index (χ3v) is 5.29. The summed E-state index contributed by atoms with van der Waals surface area (Å²) < 4.78 is 11.0. The maximum atomic E-state index is 12.6. The molecule has 156 valence electrons. The standard InChI is InChI=1S/C23H25N3O4/c1-2-5-17-14-23(28)30-20-15-18(7-8-19(17)20)29-16-22(27)26-12-10-25(11-13-26)21-6-3-4-9-24-21/h3-4,6-9,14-15H,2,5,10-13,16H2,1H3. The van der Waals surface area contributed by atoms with E-state index in [4.69, 9.17) is 9.15 Å². The molecule has 1 aliphatic heterocycles. The van der Waals surface area contributed by atoms with Gasteiger partial charge in [-0.15, -0.1) is 0 Å². The van der Waals surface area contributed by atoms with Gasteiger partial charge in [0.2, 0.25) is 0 Å². The predicted molar refractivity (Wildman–Crippen MR) is 115 cm³/mol. The second-order valence-electron chi connectivity index (χ2n) is 7.34. The number of aryl methyl sites for hydroxylation is 1. The van der Waals surface area contributed by atoms with Crippen LogP contribution < -0.4 is 15.3 Å². The van der Waals surface area contributed by atoms with Crippen LogP contribution in [-0.4, -0.2) is 48.6 Å². The molecule has 0 N–H and O–H groups in total. The van der Waals surface area contributed by atoms with Crippen LogP contribution in [-0.2, 0) is 11.2 Å². The minimum Gasteiger partial charge on any atom is -0.484 e. The van der Waals surface area contributed by atoms with Crippen LogP contribution in [0, 0.1) is 0 Å². The van der Waals surface area contributed by atoms with E-state index < -0.39 is 0 Å². The van der Waals surface area contributed by atoms with E-state index in [1.165, 1.54) is 0 Å². The quantitative estimate of drug-likeness (QED) is 0.585. The monoisotopic (exact) mass is 407 g/mol. The average molecular weight is 407 g/mol. The van der Waals surface area contributed by atoms with Gasteiger partial charge >= 0.3 is 5.63 Å². The van der Waals surface area contributed by atoms with E-state index in [9.17, 15) is 9.59 Å². The van der Waals surface area contributed by atoms with E-state index in [0.29, 0.717) is 24.4 Å². The Morgan fingerprint density at radius 3 is 2.70 bits per heavy atom. The highest BCUT2D eigenvalue weighted by Gasteiger charge is 2.22. The van der Waals surface area contributed by atoms with Crippen LogP contribution in [0.4, 0.5) is 5.82 Å². The number of nitrogens with zero attached hydrogens (tertiary/aromatic N) is 3. The Morgan fingerprint density at radius 1 is 1.13 bits per heavy atom. The van der Waals surface area contributed by atoms with E-state index >= 15 is 0 Å². The molecule has 0 bridgehead atoms. The smallest absolute Gasteiger partial charge is 0.336 e. The third kappa shape index (κ3) is 4.45. The Bertz CT molecular complexity index is 1070. The lowest BCUT2D eigenvalue weighted by atomic mass is 10.1. The first-order chi connectivity index (χ1) is 14.6. The SMILES string of the molecule is CCCc1cc(=O)oc2cc(OCC(=O)N3CCN(c4ccccn4)CC3)ccc12. The van der Waals surface area contributed by atoms with Crippen molar-refractivity contribution in [1.82, 2.24) is 9.88 Å². The van der Waals surface area contributed by atoms with Gasteiger partial charge in [-0.3, -0.25) is 4.79 Å². The molecular weight excluding hydrogens is 382 g/mol. The van der Waals surface area contributed by atoms with Gasteiger partial charge in [-0.25, -0.2) is 9.78 Å². The number of carbonyl (C=O) groups excluding carboxylic acids is 1. The lowest BCUT2D eigenvalue weighted by molar-refractivity contribution is -0.133. The predicted octanol–water partition coefficient (Wildman–Crippen LogP) is 2.87. The number of hydrogen-bond donors (Lipinski definition) is 0. The largest absolute Gasteiger partial charge is 0.484 e. The van der Waals surface area contributed by atoms with Crippen LogP contribution in [0.5, 0.6) is 5.75 Å². The van der Waals surface area contributed by atoms with Crippen molar-refractivity contribution < 1.29 is 13.9 Å². The molecular formula is C23H25N3O4. The van der Waals surface area contributed by atoms with Crippen molar-refractivity contribution in [3.63, 3.8) is 0 Å². The fourth-order valence-corrected chi connectivity index (χ4v) is 3.74. The van der Waals surface area contributed by atoms with Gasteiger partial charge in [-0.1, -0.05) is 19.4 Å². The summed E-state index contributed by atoms with van der Waals surface area (Å²) in [7, 11) is 0. The number of anilines is 1. The van der Waals surface area contributed by atoms with Crippen LogP contribution in [0.15, 0.2) is 57.9 Å². The van der Waals surface area contributed by atoms with E-state index in [1.54, 1.807) is 23.2 Å². The zero-order chi connectivity index (χ0) is 20.9. The summed E-state index contributed by atoms with van der Waals surface area (Å²) in [6, 6.07) is 12.8. The van der Waals surface area contributed by atoms with E-state index in [0.717, 1.165) is 42.7 Å². The fraction of sp³-hybridized carbons (Fsp3) is 0.348. The van der Waals surface area contributed by atoms with Crippen LogP contribution in [0.2, 0.25) is 0 Å². The highest BCUT2D eigenvalue weighted by atomic mass is 16.5. The molecule has 0 spiro atoms. The van der Waals surface area contributed by atoms with Crippen molar-refractivity contribution >= 4 is 22.7 Å². The van der Waals surface area contributed by atoms with E-state index in [1.807, 2.05) is 30.3 Å². The summed E-state index contributed by atoms with van der Waals surface area (Å²) >= 11 is 0. The molecule has 0 unspecified atom stereocenters. The van der Waals surface area contributed by atoms with Crippen LogP contribution in [0.3, 0.4) is 0 Å². The third-order valence-electron chi connectivity index (χ3n) is 5.29. The van der Waals surface area contributed by atoms with Crippen LogP contribution >= 0.6 is 0 Å². The van der Waals surface area contributed by atoms with Gasteiger partial charge in [0, 0.05) is 49.9 Å². The molecule has 0 atom stereocenters. The molecule has 0 radical (unpaired) electrons. The molecule has 1 aromatic carbocycles. The van der Waals surface area contributed by atoms with E-state index in [-0.39, 0.29) is 18.1 Å². The van der Waals surface area contributed by atoms with Gasteiger partial charge in [-0.2, -0.15) is 0 Å².